The van der Waals surface area contributed by atoms with Gasteiger partial charge in [-0.25, -0.2) is 0 Å². The third kappa shape index (κ3) is 3.51. The maximum atomic E-state index is 12.4. The molecular weight excluding hydrogens is 330 g/mol. The predicted octanol–water partition coefficient (Wildman–Crippen LogP) is 3.90. The van der Waals surface area contributed by atoms with Crippen LogP contribution in [-0.2, 0) is 14.3 Å². The summed E-state index contributed by atoms with van der Waals surface area (Å²) in [4.78, 5) is 12.4. The second-order valence-corrected chi connectivity index (χ2v) is 10.4. The lowest BCUT2D eigenvalue weighted by Crippen LogP contribution is -2.46. The van der Waals surface area contributed by atoms with Crippen LogP contribution in [0.15, 0.2) is 0 Å². The standard InChI is InChI=1S/C21H35NO4/c1-12-9-10-21(11-22)14(12)15(26-18(21)24)13(2)25-17(23)16(19(3,4)5)20(6,7)8/h12-17,23H,9-10H2,1-8H3. The fourth-order valence-corrected chi connectivity index (χ4v) is 5.53. The molecule has 2 aliphatic rings. The number of hydrogen-bond acceptors (Lipinski definition) is 5. The molecule has 0 aromatic carbocycles. The summed E-state index contributed by atoms with van der Waals surface area (Å²) in [5, 5.41) is 20.5. The van der Waals surface area contributed by atoms with Crippen LogP contribution in [0.4, 0.5) is 0 Å². The van der Waals surface area contributed by atoms with Gasteiger partial charge in [0.05, 0.1) is 12.2 Å². The van der Waals surface area contributed by atoms with Crippen molar-refractivity contribution in [3.8, 4) is 6.07 Å². The number of rotatable bonds is 4. The Labute approximate surface area is 158 Å². The number of nitrogens with zero attached hydrogens (tertiary/aromatic N) is 1. The van der Waals surface area contributed by atoms with Crippen LogP contribution in [0.5, 0.6) is 0 Å². The third-order valence-corrected chi connectivity index (χ3v) is 6.30. The number of fused-ring (bicyclic) bond motifs is 1. The molecule has 1 saturated carbocycles. The summed E-state index contributed by atoms with van der Waals surface area (Å²) in [7, 11) is 0. The van der Waals surface area contributed by atoms with Crippen LogP contribution in [0, 0.1) is 45.3 Å². The van der Waals surface area contributed by atoms with Gasteiger partial charge >= 0.3 is 5.97 Å². The Morgan fingerprint density at radius 2 is 1.81 bits per heavy atom. The van der Waals surface area contributed by atoms with Crippen LogP contribution < -0.4 is 0 Å². The molecule has 2 rings (SSSR count). The average Bonchev–Trinajstić information content (AvgIpc) is 2.93. The molecule has 2 fully saturated rings. The maximum Gasteiger partial charge on any atom is 0.327 e. The molecule has 5 nitrogen and oxygen atoms in total. The normalized spacial score (nSPS) is 34.3. The summed E-state index contributed by atoms with van der Waals surface area (Å²) in [6.07, 6.45) is -0.549. The number of cyclic esters (lactones) is 1. The van der Waals surface area contributed by atoms with Gasteiger partial charge in [0.25, 0.3) is 0 Å². The van der Waals surface area contributed by atoms with Crippen LogP contribution in [-0.4, -0.2) is 29.6 Å². The van der Waals surface area contributed by atoms with Crippen molar-refractivity contribution in [2.45, 2.75) is 86.7 Å². The van der Waals surface area contributed by atoms with Crippen LogP contribution in [0.1, 0.15) is 68.2 Å². The van der Waals surface area contributed by atoms with E-state index in [4.69, 9.17) is 9.47 Å². The van der Waals surface area contributed by atoms with Crippen LogP contribution >= 0.6 is 0 Å². The molecule has 0 amide bonds. The van der Waals surface area contributed by atoms with E-state index in [9.17, 15) is 15.2 Å². The number of nitriles is 1. The van der Waals surface area contributed by atoms with Gasteiger partial charge in [0.15, 0.2) is 11.7 Å². The quantitative estimate of drug-likeness (QED) is 0.604. The van der Waals surface area contributed by atoms with Crippen LogP contribution in [0.25, 0.3) is 0 Å². The van der Waals surface area contributed by atoms with Gasteiger partial charge in [-0.15, -0.1) is 0 Å². The van der Waals surface area contributed by atoms with E-state index in [1.807, 2.05) is 6.92 Å². The molecule has 0 aromatic heterocycles. The van der Waals surface area contributed by atoms with Crippen molar-refractivity contribution in [3.63, 3.8) is 0 Å². The lowest BCUT2D eigenvalue weighted by Gasteiger charge is -2.44. The molecule has 1 heterocycles. The van der Waals surface area contributed by atoms with E-state index in [1.165, 1.54) is 0 Å². The minimum atomic E-state index is -1.04. The smallest absolute Gasteiger partial charge is 0.327 e. The first-order chi connectivity index (χ1) is 11.8. The Kier molecular flexibility index (Phi) is 5.54. The Hall–Kier alpha value is -1.12. The maximum absolute atomic E-state index is 12.4. The Bertz CT molecular complexity index is 568. The second-order valence-electron chi connectivity index (χ2n) is 10.4. The molecule has 0 bridgehead atoms. The van der Waals surface area contributed by atoms with E-state index in [1.54, 1.807) is 0 Å². The van der Waals surface area contributed by atoms with Crippen molar-refractivity contribution >= 4 is 5.97 Å². The number of carbonyl (C=O) groups is 1. The molecule has 148 valence electrons. The van der Waals surface area contributed by atoms with Crippen molar-refractivity contribution in [1.29, 1.82) is 5.26 Å². The van der Waals surface area contributed by atoms with Crippen molar-refractivity contribution in [2.75, 3.05) is 0 Å². The van der Waals surface area contributed by atoms with Gasteiger partial charge in [0, 0.05) is 11.8 Å². The second kappa shape index (κ2) is 6.80. The van der Waals surface area contributed by atoms with Gasteiger partial charge in [-0.05, 0) is 36.5 Å². The topological polar surface area (TPSA) is 79.6 Å². The highest BCUT2D eigenvalue weighted by Gasteiger charge is 2.64. The largest absolute Gasteiger partial charge is 0.458 e. The molecule has 0 aromatic rings. The van der Waals surface area contributed by atoms with Gasteiger partial charge in [-0.2, -0.15) is 5.26 Å². The first kappa shape index (κ1) is 21.2. The van der Waals surface area contributed by atoms with E-state index in [-0.39, 0.29) is 28.6 Å². The molecule has 1 aliphatic heterocycles. The molecule has 26 heavy (non-hydrogen) atoms. The van der Waals surface area contributed by atoms with Crippen molar-refractivity contribution in [2.24, 2.45) is 34.0 Å². The van der Waals surface area contributed by atoms with Gasteiger partial charge in [0.1, 0.15) is 6.10 Å². The molecule has 1 saturated heterocycles. The molecule has 1 N–H and O–H groups in total. The fraction of sp³-hybridized carbons (Fsp3) is 0.905. The van der Waals surface area contributed by atoms with Gasteiger partial charge < -0.3 is 14.6 Å². The first-order valence-corrected chi connectivity index (χ1v) is 9.71. The molecule has 6 atom stereocenters. The Morgan fingerprint density at radius 1 is 1.27 bits per heavy atom. The van der Waals surface area contributed by atoms with Gasteiger partial charge in [0.2, 0.25) is 0 Å². The molecule has 0 radical (unpaired) electrons. The van der Waals surface area contributed by atoms with Crippen molar-refractivity contribution < 1.29 is 19.4 Å². The fourth-order valence-electron chi connectivity index (χ4n) is 5.53. The summed E-state index contributed by atoms with van der Waals surface area (Å²) in [5.74, 6) is -0.482. The summed E-state index contributed by atoms with van der Waals surface area (Å²) in [6.45, 7) is 16.5. The average molecular weight is 366 g/mol. The molecule has 1 aliphatic carbocycles. The number of aliphatic hydroxyl groups excluding tert-OH is 1. The third-order valence-electron chi connectivity index (χ3n) is 6.30. The summed E-state index contributed by atoms with van der Waals surface area (Å²) < 4.78 is 11.6. The lowest BCUT2D eigenvalue weighted by atomic mass is 9.66. The van der Waals surface area contributed by atoms with E-state index in [0.29, 0.717) is 6.42 Å². The first-order valence-electron chi connectivity index (χ1n) is 9.71. The zero-order chi connectivity index (χ0) is 20.1. The van der Waals surface area contributed by atoms with Gasteiger partial charge in [-0.1, -0.05) is 48.5 Å². The number of ether oxygens (including phenoxy) is 2. The van der Waals surface area contributed by atoms with E-state index in [0.717, 1.165) is 6.42 Å². The minimum absolute atomic E-state index is 0.101. The highest BCUT2D eigenvalue weighted by molar-refractivity contribution is 5.83. The van der Waals surface area contributed by atoms with Crippen molar-refractivity contribution in [3.05, 3.63) is 0 Å². The molecule has 6 unspecified atom stereocenters. The monoisotopic (exact) mass is 365 g/mol. The highest BCUT2D eigenvalue weighted by atomic mass is 16.6. The number of esters is 1. The van der Waals surface area contributed by atoms with Crippen LogP contribution in [0.2, 0.25) is 0 Å². The number of aliphatic hydroxyl groups is 1. The molecular formula is C21H35NO4. The van der Waals surface area contributed by atoms with Gasteiger partial charge in [-0.3, -0.25) is 4.79 Å². The summed E-state index contributed by atoms with van der Waals surface area (Å²) in [6, 6.07) is 2.24. The van der Waals surface area contributed by atoms with E-state index >= 15 is 0 Å². The molecule has 0 spiro atoms. The minimum Gasteiger partial charge on any atom is -0.458 e. The Balaban J connectivity index is 2.21. The predicted molar refractivity (Wildman–Crippen MR) is 98.8 cm³/mol. The Morgan fingerprint density at radius 3 is 2.27 bits per heavy atom. The van der Waals surface area contributed by atoms with E-state index < -0.39 is 29.9 Å². The lowest BCUT2D eigenvalue weighted by molar-refractivity contribution is -0.224. The molecule has 5 heteroatoms. The SMILES string of the molecule is CC1CCC2(C#N)C(=O)OC(C(C)OC(O)C(C(C)(C)C)C(C)(C)C)C12. The summed E-state index contributed by atoms with van der Waals surface area (Å²) >= 11 is 0. The zero-order valence-corrected chi connectivity index (χ0v) is 17.5. The van der Waals surface area contributed by atoms with Crippen molar-refractivity contribution in [1.82, 2.24) is 0 Å². The highest BCUT2D eigenvalue weighted by Crippen LogP contribution is 2.55. The van der Waals surface area contributed by atoms with E-state index in [2.05, 4.69) is 54.5 Å². The number of carbonyl (C=O) groups excluding carboxylic acids is 1. The van der Waals surface area contributed by atoms with Crippen LogP contribution in [0.3, 0.4) is 0 Å². The zero-order valence-electron chi connectivity index (χ0n) is 17.5. The number of hydrogen-bond donors (Lipinski definition) is 1. The summed E-state index contributed by atoms with van der Waals surface area (Å²) in [5.41, 5.74) is -1.35.